The molecule has 2 N–H and O–H groups in total. The Bertz CT molecular complexity index is 381. The van der Waals surface area contributed by atoms with Crippen LogP contribution in [-0.2, 0) is 11.2 Å². The van der Waals surface area contributed by atoms with E-state index in [4.69, 9.17) is 17.3 Å². The fraction of sp³-hybridized carbons (Fsp3) is 0.333. The SMILES string of the molecule is CCSC(=S)NC(Cc1ccccc1)C(=O)O. The lowest BCUT2D eigenvalue weighted by atomic mass is 10.1. The monoisotopic (exact) mass is 269 g/mol. The van der Waals surface area contributed by atoms with Gasteiger partial charge in [-0.2, -0.15) is 0 Å². The molecule has 0 aliphatic rings. The van der Waals surface area contributed by atoms with E-state index in [0.717, 1.165) is 11.3 Å². The zero-order valence-electron chi connectivity index (χ0n) is 9.55. The van der Waals surface area contributed by atoms with E-state index >= 15 is 0 Å². The summed E-state index contributed by atoms with van der Waals surface area (Å²) < 4.78 is 0.538. The van der Waals surface area contributed by atoms with Gasteiger partial charge in [0.2, 0.25) is 0 Å². The van der Waals surface area contributed by atoms with Crippen LogP contribution >= 0.6 is 24.0 Å². The van der Waals surface area contributed by atoms with Gasteiger partial charge in [0, 0.05) is 6.42 Å². The highest BCUT2D eigenvalue weighted by Gasteiger charge is 2.18. The van der Waals surface area contributed by atoms with E-state index in [-0.39, 0.29) is 0 Å². The van der Waals surface area contributed by atoms with Crippen molar-refractivity contribution in [3.63, 3.8) is 0 Å². The van der Waals surface area contributed by atoms with Crippen LogP contribution in [0.4, 0.5) is 0 Å². The number of thiocarbonyl (C=S) groups is 1. The van der Waals surface area contributed by atoms with Crippen molar-refractivity contribution in [2.24, 2.45) is 0 Å². The van der Waals surface area contributed by atoms with Crippen LogP contribution in [0.1, 0.15) is 12.5 Å². The molecule has 0 saturated heterocycles. The number of rotatable bonds is 5. The Balaban J connectivity index is 2.61. The second kappa shape index (κ2) is 7.29. The summed E-state index contributed by atoms with van der Waals surface area (Å²) >= 11 is 6.50. The quantitative estimate of drug-likeness (QED) is 0.803. The van der Waals surface area contributed by atoms with Gasteiger partial charge in [-0.25, -0.2) is 4.79 Å². The summed E-state index contributed by atoms with van der Waals surface area (Å²) in [5, 5.41) is 12.0. The minimum atomic E-state index is -0.882. The number of hydrogen-bond donors (Lipinski definition) is 2. The normalized spacial score (nSPS) is 11.8. The van der Waals surface area contributed by atoms with E-state index in [1.54, 1.807) is 0 Å². The summed E-state index contributed by atoms with van der Waals surface area (Å²) in [6.07, 6.45) is 0.431. The Kier molecular flexibility index (Phi) is 6.00. The molecule has 1 aromatic carbocycles. The first kappa shape index (κ1) is 14.0. The van der Waals surface area contributed by atoms with Crippen molar-refractivity contribution in [2.75, 3.05) is 5.75 Å². The molecule has 0 aromatic heterocycles. The second-order valence-electron chi connectivity index (χ2n) is 3.45. The van der Waals surface area contributed by atoms with Crippen LogP contribution in [0, 0.1) is 0 Å². The van der Waals surface area contributed by atoms with Gasteiger partial charge in [-0.3, -0.25) is 0 Å². The highest BCUT2D eigenvalue weighted by molar-refractivity contribution is 8.22. The first-order valence-electron chi connectivity index (χ1n) is 5.33. The molecule has 0 radical (unpaired) electrons. The van der Waals surface area contributed by atoms with Crippen molar-refractivity contribution < 1.29 is 9.90 Å². The summed E-state index contributed by atoms with van der Waals surface area (Å²) in [5.74, 6) is -0.0448. The molecule has 0 aliphatic heterocycles. The standard InChI is InChI=1S/C12H15NO2S2/c1-2-17-12(16)13-10(11(14)15)8-9-6-4-3-5-7-9/h3-7,10H,2,8H2,1H3,(H,13,16)(H,14,15). The molecule has 1 aromatic rings. The van der Waals surface area contributed by atoms with Crippen molar-refractivity contribution >= 4 is 34.3 Å². The van der Waals surface area contributed by atoms with Crippen LogP contribution in [0.3, 0.4) is 0 Å². The van der Waals surface area contributed by atoms with E-state index < -0.39 is 12.0 Å². The van der Waals surface area contributed by atoms with Crippen LogP contribution in [0.5, 0.6) is 0 Å². The molecule has 1 unspecified atom stereocenters. The highest BCUT2D eigenvalue weighted by Crippen LogP contribution is 2.07. The topological polar surface area (TPSA) is 49.3 Å². The molecule has 3 nitrogen and oxygen atoms in total. The third kappa shape index (κ3) is 5.19. The first-order chi connectivity index (χ1) is 8.13. The van der Waals surface area contributed by atoms with Crippen LogP contribution in [0.25, 0.3) is 0 Å². The first-order valence-corrected chi connectivity index (χ1v) is 6.73. The Morgan fingerprint density at radius 2 is 2.12 bits per heavy atom. The summed E-state index contributed by atoms with van der Waals surface area (Å²) in [5.41, 5.74) is 0.983. The molecule has 1 rings (SSSR count). The molecule has 0 spiro atoms. The lowest BCUT2D eigenvalue weighted by Gasteiger charge is -2.15. The van der Waals surface area contributed by atoms with Crippen molar-refractivity contribution in [1.29, 1.82) is 0 Å². The van der Waals surface area contributed by atoms with Gasteiger partial charge in [0.25, 0.3) is 0 Å². The maximum Gasteiger partial charge on any atom is 0.326 e. The van der Waals surface area contributed by atoms with Crippen LogP contribution in [0.2, 0.25) is 0 Å². The van der Waals surface area contributed by atoms with Gasteiger partial charge < -0.3 is 10.4 Å². The number of benzene rings is 1. The van der Waals surface area contributed by atoms with Crippen molar-refractivity contribution in [3.8, 4) is 0 Å². The maximum absolute atomic E-state index is 11.1. The zero-order chi connectivity index (χ0) is 12.7. The van der Waals surface area contributed by atoms with Gasteiger partial charge in [-0.05, 0) is 11.3 Å². The minimum Gasteiger partial charge on any atom is -0.480 e. The Morgan fingerprint density at radius 1 is 1.47 bits per heavy atom. The summed E-state index contributed by atoms with van der Waals surface area (Å²) in [4.78, 5) is 11.1. The Morgan fingerprint density at radius 3 is 2.65 bits per heavy atom. The van der Waals surface area contributed by atoms with Crippen LogP contribution < -0.4 is 5.32 Å². The van der Waals surface area contributed by atoms with Gasteiger partial charge in [-0.1, -0.05) is 61.2 Å². The lowest BCUT2D eigenvalue weighted by molar-refractivity contribution is -0.138. The summed E-state index contributed by atoms with van der Waals surface area (Å²) in [6.45, 7) is 1.98. The van der Waals surface area contributed by atoms with Gasteiger partial charge in [0.1, 0.15) is 10.4 Å². The van der Waals surface area contributed by atoms with Crippen molar-refractivity contribution in [2.45, 2.75) is 19.4 Å². The van der Waals surface area contributed by atoms with Crippen LogP contribution in [0.15, 0.2) is 30.3 Å². The number of aliphatic carboxylic acids is 1. The fourth-order valence-corrected chi connectivity index (χ4v) is 2.35. The number of nitrogens with one attached hydrogen (secondary N) is 1. The van der Waals surface area contributed by atoms with E-state index in [0.29, 0.717) is 10.7 Å². The predicted molar refractivity (Wildman–Crippen MR) is 75.4 cm³/mol. The highest BCUT2D eigenvalue weighted by atomic mass is 32.2. The average Bonchev–Trinajstić information content (AvgIpc) is 2.29. The molecule has 0 fully saturated rings. The van der Waals surface area contributed by atoms with Crippen molar-refractivity contribution in [1.82, 2.24) is 5.32 Å². The van der Waals surface area contributed by atoms with Crippen LogP contribution in [-0.4, -0.2) is 27.2 Å². The zero-order valence-corrected chi connectivity index (χ0v) is 11.2. The van der Waals surface area contributed by atoms with E-state index in [1.165, 1.54) is 11.8 Å². The molecular formula is C12H15NO2S2. The maximum atomic E-state index is 11.1. The fourth-order valence-electron chi connectivity index (χ4n) is 1.36. The lowest BCUT2D eigenvalue weighted by Crippen LogP contribution is -2.40. The summed E-state index contributed by atoms with van der Waals surface area (Å²) in [7, 11) is 0. The van der Waals surface area contributed by atoms with E-state index in [1.807, 2.05) is 37.3 Å². The molecule has 0 bridgehead atoms. The molecule has 5 heteroatoms. The number of thioether (sulfide) groups is 1. The Labute approximate surface area is 111 Å². The number of hydrogen-bond acceptors (Lipinski definition) is 3. The largest absolute Gasteiger partial charge is 0.480 e. The van der Waals surface area contributed by atoms with Crippen molar-refractivity contribution in [3.05, 3.63) is 35.9 Å². The molecule has 0 heterocycles. The average molecular weight is 269 g/mol. The van der Waals surface area contributed by atoms with Gasteiger partial charge >= 0.3 is 5.97 Å². The molecule has 0 saturated carbocycles. The minimum absolute atomic E-state index is 0.431. The number of carboxylic acids is 1. The summed E-state index contributed by atoms with van der Waals surface area (Å²) in [6, 6.07) is 8.86. The van der Waals surface area contributed by atoms with E-state index in [9.17, 15) is 4.79 Å². The number of carboxylic acid groups (broad SMARTS) is 1. The third-order valence-corrected chi connectivity index (χ3v) is 3.29. The molecular weight excluding hydrogens is 254 g/mol. The Hall–Kier alpha value is -1.07. The number of carbonyl (C=O) groups is 1. The molecule has 1 atom stereocenters. The van der Waals surface area contributed by atoms with E-state index in [2.05, 4.69) is 5.32 Å². The third-order valence-electron chi connectivity index (χ3n) is 2.15. The van der Waals surface area contributed by atoms with Gasteiger partial charge in [0.05, 0.1) is 0 Å². The molecule has 92 valence electrons. The van der Waals surface area contributed by atoms with Gasteiger partial charge in [-0.15, -0.1) is 0 Å². The second-order valence-corrected chi connectivity index (χ2v) is 5.39. The van der Waals surface area contributed by atoms with Gasteiger partial charge in [0.15, 0.2) is 0 Å². The molecule has 17 heavy (non-hydrogen) atoms. The molecule has 0 aliphatic carbocycles. The predicted octanol–water partition coefficient (Wildman–Crippen LogP) is 2.31. The molecule has 0 amide bonds. The smallest absolute Gasteiger partial charge is 0.326 e.